The van der Waals surface area contributed by atoms with Crippen LogP contribution in [0.25, 0.3) is 22.3 Å². The van der Waals surface area contributed by atoms with Crippen molar-refractivity contribution in [2.45, 2.75) is 18.9 Å². The van der Waals surface area contributed by atoms with Gasteiger partial charge in [0.25, 0.3) is 0 Å². The van der Waals surface area contributed by atoms with Crippen LogP contribution in [0.2, 0.25) is 0 Å². The lowest BCUT2D eigenvalue weighted by molar-refractivity contribution is 0.104. The molecule has 3 N–H and O–H groups in total. The van der Waals surface area contributed by atoms with Crippen molar-refractivity contribution in [2.24, 2.45) is 0 Å². The summed E-state index contributed by atoms with van der Waals surface area (Å²) in [5, 5.41) is 15.1. The van der Waals surface area contributed by atoms with Gasteiger partial charge in [-0.05, 0) is 42.2 Å². The SMILES string of the molecule is C=CC(=O)c1cccc2c1CC(n1nc(-c3cc(O)cc(F)c3)c3c(N)ncnc31)C2. The minimum Gasteiger partial charge on any atom is -0.508 e. The van der Waals surface area contributed by atoms with E-state index in [0.29, 0.717) is 40.7 Å². The van der Waals surface area contributed by atoms with Crippen molar-refractivity contribution in [3.05, 3.63) is 77.9 Å². The van der Waals surface area contributed by atoms with Crippen molar-refractivity contribution in [3.8, 4) is 17.0 Å². The van der Waals surface area contributed by atoms with Crippen LogP contribution in [0, 0.1) is 5.82 Å². The van der Waals surface area contributed by atoms with Crippen LogP contribution in [0.15, 0.2) is 55.4 Å². The van der Waals surface area contributed by atoms with Crippen LogP contribution < -0.4 is 5.73 Å². The second kappa shape index (κ2) is 7.02. The van der Waals surface area contributed by atoms with Gasteiger partial charge in [-0.15, -0.1) is 0 Å². The molecule has 0 spiro atoms. The Morgan fingerprint density at radius 1 is 1.26 bits per heavy atom. The summed E-state index contributed by atoms with van der Waals surface area (Å²) in [6.45, 7) is 3.59. The van der Waals surface area contributed by atoms with Gasteiger partial charge in [0.05, 0.1) is 11.4 Å². The number of nitrogen functional groups attached to an aromatic ring is 1. The number of allylic oxidation sites excluding steroid dienone is 1. The first-order valence-corrected chi connectivity index (χ1v) is 9.72. The molecule has 4 aromatic rings. The molecule has 7 nitrogen and oxygen atoms in total. The van der Waals surface area contributed by atoms with Gasteiger partial charge in [-0.3, -0.25) is 4.79 Å². The first-order chi connectivity index (χ1) is 15.0. The van der Waals surface area contributed by atoms with E-state index >= 15 is 0 Å². The highest BCUT2D eigenvalue weighted by Crippen LogP contribution is 2.38. The average molecular weight is 415 g/mol. The Bertz CT molecular complexity index is 1360. The van der Waals surface area contributed by atoms with E-state index in [0.717, 1.165) is 17.2 Å². The van der Waals surface area contributed by atoms with Crippen LogP contribution in [-0.2, 0) is 12.8 Å². The third-order valence-corrected chi connectivity index (χ3v) is 5.64. The summed E-state index contributed by atoms with van der Waals surface area (Å²) >= 11 is 0. The predicted octanol–water partition coefficient (Wildman–Crippen LogP) is 3.63. The zero-order valence-corrected chi connectivity index (χ0v) is 16.4. The Kier molecular flexibility index (Phi) is 4.28. The number of carbonyl (C=O) groups excluding carboxylic acids is 1. The highest BCUT2D eigenvalue weighted by Gasteiger charge is 2.30. The number of nitrogens with two attached hydrogens (primary N) is 1. The van der Waals surface area contributed by atoms with E-state index in [9.17, 15) is 14.3 Å². The second-order valence-electron chi connectivity index (χ2n) is 7.52. The molecule has 31 heavy (non-hydrogen) atoms. The molecule has 0 bridgehead atoms. The Morgan fingerprint density at radius 2 is 2.10 bits per heavy atom. The van der Waals surface area contributed by atoms with Gasteiger partial charge >= 0.3 is 0 Å². The maximum Gasteiger partial charge on any atom is 0.185 e. The summed E-state index contributed by atoms with van der Waals surface area (Å²) in [6.07, 6.45) is 3.91. The largest absolute Gasteiger partial charge is 0.508 e. The number of aromatic hydroxyl groups is 1. The average Bonchev–Trinajstić information content (AvgIpc) is 3.34. The fraction of sp³-hybridized carbons (Fsp3) is 0.130. The number of hydrogen-bond donors (Lipinski definition) is 2. The topological polar surface area (TPSA) is 107 Å². The minimum absolute atomic E-state index is 0.110. The highest BCUT2D eigenvalue weighted by atomic mass is 19.1. The summed E-state index contributed by atoms with van der Waals surface area (Å²) in [4.78, 5) is 20.7. The number of benzene rings is 2. The van der Waals surface area contributed by atoms with Crippen molar-refractivity contribution in [1.29, 1.82) is 0 Å². The fourth-order valence-electron chi connectivity index (χ4n) is 4.31. The maximum absolute atomic E-state index is 14.0. The van der Waals surface area contributed by atoms with Crippen LogP contribution in [0.3, 0.4) is 0 Å². The summed E-state index contributed by atoms with van der Waals surface area (Å²) in [7, 11) is 0. The summed E-state index contributed by atoms with van der Waals surface area (Å²) in [5.41, 5.74) is 10.1. The van der Waals surface area contributed by atoms with Crippen molar-refractivity contribution in [1.82, 2.24) is 19.7 Å². The van der Waals surface area contributed by atoms with Crippen molar-refractivity contribution in [3.63, 3.8) is 0 Å². The zero-order chi connectivity index (χ0) is 21.7. The third-order valence-electron chi connectivity index (χ3n) is 5.64. The van der Waals surface area contributed by atoms with Crippen LogP contribution in [-0.4, -0.2) is 30.6 Å². The number of carbonyl (C=O) groups is 1. The van der Waals surface area contributed by atoms with E-state index in [1.54, 1.807) is 10.7 Å². The summed E-state index contributed by atoms with van der Waals surface area (Å²) in [6, 6.07) is 9.27. The number of aromatic nitrogens is 4. The van der Waals surface area contributed by atoms with E-state index in [1.165, 1.54) is 24.5 Å². The van der Waals surface area contributed by atoms with Gasteiger partial charge in [0.15, 0.2) is 11.4 Å². The number of fused-ring (bicyclic) bond motifs is 2. The lowest BCUT2D eigenvalue weighted by Gasteiger charge is -2.11. The van der Waals surface area contributed by atoms with E-state index in [1.807, 2.05) is 12.1 Å². The predicted molar refractivity (Wildman–Crippen MR) is 114 cm³/mol. The van der Waals surface area contributed by atoms with Gasteiger partial charge in [0.2, 0.25) is 0 Å². The molecule has 0 fully saturated rings. The molecule has 2 aromatic carbocycles. The number of ketones is 1. The molecule has 0 aliphatic heterocycles. The molecule has 5 rings (SSSR count). The number of anilines is 1. The summed E-state index contributed by atoms with van der Waals surface area (Å²) in [5.74, 6) is -0.707. The molecular formula is C23H18FN5O2. The molecule has 0 radical (unpaired) electrons. The van der Waals surface area contributed by atoms with Crippen molar-refractivity contribution < 1.29 is 14.3 Å². The van der Waals surface area contributed by atoms with E-state index < -0.39 is 5.82 Å². The van der Waals surface area contributed by atoms with Gasteiger partial charge in [0.1, 0.15) is 29.4 Å². The number of phenols is 1. The van der Waals surface area contributed by atoms with Gasteiger partial charge < -0.3 is 10.8 Å². The van der Waals surface area contributed by atoms with Crippen LogP contribution in [0.1, 0.15) is 27.5 Å². The quantitative estimate of drug-likeness (QED) is 0.389. The van der Waals surface area contributed by atoms with Crippen LogP contribution in [0.4, 0.5) is 10.2 Å². The Hall–Kier alpha value is -4.07. The molecule has 1 aliphatic rings. The van der Waals surface area contributed by atoms with Crippen molar-refractivity contribution in [2.75, 3.05) is 5.73 Å². The first-order valence-electron chi connectivity index (χ1n) is 9.72. The second-order valence-corrected chi connectivity index (χ2v) is 7.52. The van der Waals surface area contributed by atoms with Gasteiger partial charge in [0, 0.05) is 17.2 Å². The number of nitrogens with zero attached hydrogens (tertiary/aromatic N) is 4. The fourth-order valence-corrected chi connectivity index (χ4v) is 4.31. The first kappa shape index (κ1) is 18.9. The molecule has 154 valence electrons. The lowest BCUT2D eigenvalue weighted by atomic mass is 10.00. The molecule has 1 unspecified atom stereocenters. The van der Waals surface area contributed by atoms with Gasteiger partial charge in [-0.2, -0.15) is 5.10 Å². The van der Waals surface area contributed by atoms with E-state index in [-0.39, 0.29) is 23.4 Å². The molecule has 2 aromatic heterocycles. The maximum atomic E-state index is 14.0. The Labute approximate surface area is 176 Å². The Morgan fingerprint density at radius 3 is 2.87 bits per heavy atom. The third kappa shape index (κ3) is 3.04. The molecule has 0 amide bonds. The smallest absolute Gasteiger partial charge is 0.185 e. The number of hydrogen-bond acceptors (Lipinski definition) is 6. The minimum atomic E-state index is -0.589. The lowest BCUT2D eigenvalue weighted by Crippen LogP contribution is -2.12. The number of phenolic OH excluding ortho intramolecular Hbond substituents is 1. The Balaban J connectivity index is 1.66. The molecule has 0 saturated carbocycles. The van der Waals surface area contributed by atoms with E-state index in [2.05, 4.69) is 16.5 Å². The normalized spacial score (nSPS) is 15.2. The molecule has 0 saturated heterocycles. The molecule has 8 heteroatoms. The van der Waals surface area contributed by atoms with Crippen molar-refractivity contribution >= 4 is 22.6 Å². The molecule has 1 aliphatic carbocycles. The van der Waals surface area contributed by atoms with Gasteiger partial charge in [-0.25, -0.2) is 19.0 Å². The molecule has 1 atom stereocenters. The summed E-state index contributed by atoms with van der Waals surface area (Å²) < 4.78 is 15.7. The van der Waals surface area contributed by atoms with Crippen LogP contribution >= 0.6 is 0 Å². The molecular weight excluding hydrogens is 397 g/mol. The highest BCUT2D eigenvalue weighted by molar-refractivity contribution is 6.05. The van der Waals surface area contributed by atoms with Gasteiger partial charge in [-0.1, -0.05) is 24.8 Å². The number of halogens is 1. The van der Waals surface area contributed by atoms with E-state index in [4.69, 9.17) is 10.8 Å². The van der Waals surface area contributed by atoms with Crippen LogP contribution in [0.5, 0.6) is 5.75 Å². The molecule has 2 heterocycles. The number of rotatable bonds is 4. The standard InChI is InChI=1S/C23H18FN5O2/c1-2-19(31)17-5-3-4-12-7-15(10-18(12)17)29-23-20(22(25)26-11-27-23)21(28-29)13-6-14(24)9-16(30)8-13/h2-6,8-9,11,15,30H,1,7,10H2,(H2,25,26,27). The zero-order valence-electron chi connectivity index (χ0n) is 16.4. The monoisotopic (exact) mass is 415 g/mol.